The van der Waals surface area contributed by atoms with E-state index in [-0.39, 0.29) is 0 Å². The molecule has 1 nitrogen and oxygen atoms in total. The summed E-state index contributed by atoms with van der Waals surface area (Å²) in [4.78, 5) is 5.79. The highest BCUT2D eigenvalue weighted by molar-refractivity contribution is 14.1. The number of hydrogen-bond donors (Lipinski definition) is 0. The molecule has 0 aliphatic heterocycles. The summed E-state index contributed by atoms with van der Waals surface area (Å²) in [7, 11) is 0. The van der Waals surface area contributed by atoms with E-state index >= 15 is 0 Å². The predicted molar refractivity (Wildman–Crippen MR) is 63.1 cm³/mol. The Labute approximate surface area is 91.7 Å². The molecular formula is C9H14INS. The summed E-state index contributed by atoms with van der Waals surface area (Å²) >= 11 is 4.28. The zero-order valence-electron chi connectivity index (χ0n) is 7.67. The Morgan fingerprint density at radius 1 is 1.50 bits per heavy atom. The van der Waals surface area contributed by atoms with Crippen LogP contribution in [0.1, 0.15) is 34.6 Å². The van der Waals surface area contributed by atoms with Crippen molar-refractivity contribution >= 4 is 33.9 Å². The van der Waals surface area contributed by atoms with Crippen LogP contribution in [0.5, 0.6) is 0 Å². The van der Waals surface area contributed by atoms with Crippen LogP contribution in [0.2, 0.25) is 0 Å². The summed E-state index contributed by atoms with van der Waals surface area (Å²) in [5.74, 6) is 0.716. The fourth-order valence-corrected chi connectivity index (χ4v) is 2.56. The molecule has 12 heavy (non-hydrogen) atoms. The van der Waals surface area contributed by atoms with E-state index in [0.29, 0.717) is 9.84 Å². The van der Waals surface area contributed by atoms with Gasteiger partial charge in [-0.1, -0.05) is 36.4 Å². The highest BCUT2D eigenvalue weighted by atomic mass is 127. The van der Waals surface area contributed by atoms with Crippen molar-refractivity contribution in [1.82, 2.24) is 4.98 Å². The fraction of sp³-hybridized carbons (Fsp3) is 0.667. The monoisotopic (exact) mass is 295 g/mol. The third kappa shape index (κ3) is 3.01. The summed E-state index contributed by atoms with van der Waals surface area (Å²) < 4.78 is 0.598. The van der Waals surface area contributed by atoms with Crippen LogP contribution in [-0.2, 0) is 6.42 Å². The van der Waals surface area contributed by atoms with Crippen LogP contribution in [0.4, 0.5) is 0 Å². The molecule has 0 spiro atoms. The molecule has 1 atom stereocenters. The zero-order chi connectivity index (χ0) is 9.14. The van der Waals surface area contributed by atoms with E-state index in [1.165, 1.54) is 9.88 Å². The van der Waals surface area contributed by atoms with Crippen molar-refractivity contribution in [3.05, 3.63) is 16.1 Å². The lowest BCUT2D eigenvalue weighted by atomic mass is 10.1. The first-order valence-corrected chi connectivity index (χ1v) is 6.24. The zero-order valence-corrected chi connectivity index (χ0v) is 10.6. The quantitative estimate of drug-likeness (QED) is 0.610. The molecule has 0 saturated carbocycles. The number of alkyl halides is 1. The maximum Gasteiger partial charge on any atom is 0.0930 e. The maximum absolute atomic E-state index is 4.39. The van der Waals surface area contributed by atoms with Crippen LogP contribution in [0, 0.1) is 5.92 Å². The molecule has 0 N–H and O–H groups in total. The Kier molecular flexibility index (Phi) is 3.96. The average molecular weight is 295 g/mol. The van der Waals surface area contributed by atoms with Crippen molar-refractivity contribution in [2.24, 2.45) is 5.92 Å². The molecule has 1 aromatic rings. The van der Waals surface area contributed by atoms with E-state index in [9.17, 15) is 0 Å². The minimum atomic E-state index is 0.598. The van der Waals surface area contributed by atoms with Gasteiger partial charge in [0.25, 0.3) is 0 Å². The van der Waals surface area contributed by atoms with E-state index in [2.05, 4.69) is 48.3 Å². The molecule has 0 aromatic carbocycles. The van der Waals surface area contributed by atoms with E-state index in [1.807, 2.05) is 17.5 Å². The molecule has 0 fully saturated rings. The van der Waals surface area contributed by atoms with Gasteiger partial charge in [-0.2, -0.15) is 0 Å². The second kappa shape index (κ2) is 4.56. The normalized spacial score (nSPS) is 13.8. The Balaban J connectivity index is 2.64. The van der Waals surface area contributed by atoms with E-state index < -0.39 is 0 Å². The molecule has 0 aliphatic rings. The van der Waals surface area contributed by atoms with Crippen molar-refractivity contribution in [2.75, 3.05) is 0 Å². The predicted octanol–water partition coefficient (Wildman–Crippen LogP) is 3.84. The lowest BCUT2D eigenvalue weighted by Gasteiger charge is -1.98. The van der Waals surface area contributed by atoms with Crippen LogP contribution < -0.4 is 0 Å². The van der Waals surface area contributed by atoms with Crippen LogP contribution in [0.25, 0.3) is 0 Å². The molecule has 3 heteroatoms. The molecule has 1 unspecified atom stereocenters. The van der Waals surface area contributed by atoms with Crippen LogP contribution >= 0.6 is 33.9 Å². The summed E-state index contributed by atoms with van der Waals surface area (Å²) in [6.45, 7) is 6.66. The first kappa shape index (κ1) is 10.4. The standard InChI is InChI=1S/C9H14INS/c1-6(2)4-9-11-5-8(12-9)7(3)10/h5-7H,4H2,1-3H3. The first-order valence-electron chi connectivity index (χ1n) is 4.18. The van der Waals surface area contributed by atoms with E-state index in [1.54, 1.807) is 0 Å². The lowest BCUT2D eigenvalue weighted by molar-refractivity contribution is 0.644. The molecule has 68 valence electrons. The fourth-order valence-electron chi connectivity index (χ4n) is 0.952. The minimum absolute atomic E-state index is 0.598. The van der Waals surface area contributed by atoms with Gasteiger partial charge in [-0.3, -0.25) is 0 Å². The Bertz CT molecular complexity index is 242. The lowest BCUT2D eigenvalue weighted by Crippen LogP contribution is -1.91. The van der Waals surface area contributed by atoms with Crippen LogP contribution in [0.15, 0.2) is 6.20 Å². The van der Waals surface area contributed by atoms with Crippen molar-refractivity contribution < 1.29 is 0 Å². The highest BCUT2D eigenvalue weighted by Gasteiger charge is 2.07. The van der Waals surface area contributed by atoms with Gasteiger partial charge in [0.2, 0.25) is 0 Å². The Morgan fingerprint density at radius 2 is 2.17 bits per heavy atom. The number of halogens is 1. The minimum Gasteiger partial charge on any atom is -0.249 e. The number of nitrogens with zero attached hydrogens (tertiary/aromatic N) is 1. The number of aromatic nitrogens is 1. The second-order valence-corrected chi connectivity index (χ2v) is 6.39. The van der Waals surface area contributed by atoms with Gasteiger partial charge in [-0.15, -0.1) is 11.3 Å². The molecule has 0 saturated heterocycles. The number of thiazole rings is 1. The van der Waals surface area contributed by atoms with Crippen molar-refractivity contribution in [3.8, 4) is 0 Å². The van der Waals surface area contributed by atoms with Gasteiger partial charge < -0.3 is 0 Å². The van der Waals surface area contributed by atoms with Crippen LogP contribution in [0.3, 0.4) is 0 Å². The largest absolute Gasteiger partial charge is 0.249 e. The third-order valence-corrected chi connectivity index (χ3v) is 3.84. The van der Waals surface area contributed by atoms with Gasteiger partial charge in [0.1, 0.15) is 0 Å². The van der Waals surface area contributed by atoms with Gasteiger partial charge in [0.05, 0.1) is 5.01 Å². The second-order valence-electron chi connectivity index (χ2n) is 3.37. The third-order valence-electron chi connectivity index (χ3n) is 1.55. The number of hydrogen-bond acceptors (Lipinski definition) is 2. The molecule has 1 aromatic heterocycles. The molecular weight excluding hydrogens is 281 g/mol. The van der Waals surface area contributed by atoms with E-state index in [0.717, 1.165) is 6.42 Å². The van der Waals surface area contributed by atoms with Gasteiger partial charge in [0.15, 0.2) is 0 Å². The molecule has 0 bridgehead atoms. The number of rotatable bonds is 3. The summed E-state index contributed by atoms with van der Waals surface area (Å²) in [6, 6.07) is 0. The SMILES string of the molecule is CC(C)Cc1ncc(C(C)I)s1. The molecule has 0 radical (unpaired) electrons. The maximum atomic E-state index is 4.39. The van der Waals surface area contributed by atoms with Gasteiger partial charge >= 0.3 is 0 Å². The van der Waals surface area contributed by atoms with Gasteiger partial charge in [0, 0.05) is 21.4 Å². The van der Waals surface area contributed by atoms with Gasteiger partial charge in [-0.25, -0.2) is 4.98 Å². The molecule has 0 amide bonds. The van der Waals surface area contributed by atoms with Crippen molar-refractivity contribution in [2.45, 2.75) is 31.1 Å². The summed E-state index contributed by atoms with van der Waals surface area (Å²) in [6.07, 6.45) is 3.13. The van der Waals surface area contributed by atoms with E-state index in [4.69, 9.17) is 0 Å². The Morgan fingerprint density at radius 3 is 2.58 bits per heavy atom. The smallest absolute Gasteiger partial charge is 0.0930 e. The summed E-state index contributed by atoms with van der Waals surface area (Å²) in [5.41, 5.74) is 0. The highest BCUT2D eigenvalue weighted by Crippen LogP contribution is 2.28. The van der Waals surface area contributed by atoms with Crippen LogP contribution in [-0.4, -0.2) is 4.98 Å². The van der Waals surface area contributed by atoms with Crippen molar-refractivity contribution in [3.63, 3.8) is 0 Å². The van der Waals surface area contributed by atoms with Crippen molar-refractivity contribution in [1.29, 1.82) is 0 Å². The Hall–Kier alpha value is 0.360. The average Bonchev–Trinajstić information content (AvgIpc) is 2.34. The topological polar surface area (TPSA) is 12.9 Å². The van der Waals surface area contributed by atoms with Gasteiger partial charge in [-0.05, 0) is 12.8 Å². The molecule has 0 aliphatic carbocycles. The first-order chi connectivity index (χ1) is 5.59. The molecule has 1 rings (SSSR count). The molecule has 1 heterocycles. The summed E-state index contributed by atoms with van der Waals surface area (Å²) in [5, 5.41) is 1.28.